The lowest BCUT2D eigenvalue weighted by molar-refractivity contribution is 0.0950. The second-order valence-corrected chi connectivity index (χ2v) is 4.26. The zero-order valence-corrected chi connectivity index (χ0v) is 10.8. The van der Waals surface area contributed by atoms with Crippen molar-refractivity contribution in [3.63, 3.8) is 0 Å². The molecular formula is C13H11N3O2S. The molecule has 0 radical (unpaired) electrons. The van der Waals surface area contributed by atoms with Gasteiger partial charge in [-0.1, -0.05) is 11.8 Å². The number of carbonyl (C=O) groups excluding carboxylic acids is 1. The minimum atomic E-state index is -0.255. The van der Waals surface area contributed by atoms with E-state index in [2.05, 4.69) is 27.1 Å². The third kappa shape index (κ3) is 3.61. The topological polar surface area (TPSA) is 75.1 Å². The van der Waals surface area contributed by atoms with Crippen LogP contribution in [0.1, 0.15) is 21.6 Å². The van der Waals surface area contributed by atoms with Crippen molar-refractivity contribution in [1.29, 1.82) is 0 Å². The van der Waals surface area contributed by atoms with E-state index in [1.165, 1.54) is 23.7 Å². The van der Waals surface area contributed by atoms with E-state index < -0.39 is 0 Å². The number of aliphatic hydroxyl groups is 1. The molecule has 2 aromatic rings. The minimum Gasteiger partial charge on any atom is -0.384 e. The summed E-state index contributed by atoms with van der Waals surface area (Å²) in [7, 11) is 0. The van der Waals surface area contributed by atoms with Gasteiger partial charge in [0.25, 0.3) is 5.91 Å². The number of carbonyl (C=O) groups is 1. The first-order valence-corrected chi connectivity index (χ1v) is 6.44. The smallest absolute Gasteiger partial charge is 0.252 e. The van der Waals surface area contributed by atoms with Crippen LogP contribution in [0.15, 0.2) is 29.4 Å². The molecule has 6 heteroatoms. The molecular weight excluding hydrogens is 262 g/mol. The van der Waals surface area contributed by atoms with Gasteiger partial charge in [0.15, 0.2) is 0 Å². The molecule has 0 aromatic carbocycles. The van der Waals surface area contributed by atoms with Gasteiger partial charge in [-0.3, -0.25) is 9.78 Å². The number of aliphatic hydroxyl groups excluding tert-OH is 1. The number of amides is 1. The molecule has 0 fully saturated rings. The fourth-order valence-corrected chi connectivity index (χ4v) is 1.98. The monoisotopic (exact) mass is 273 g/mol. The molecule has 0 bridgehead atoms. The van der Waals surface area contributed by atoms with Gasteiger partial charge in [-0.25, -0.2) is 4.98 Å². The Labute approximate surface area is 114 Å². The maximum Gasteiger partial charge on any atom is 0.252 e. The van der Waals surface area contributed by atoms with E-state index in [0.29, 0.717) is 17.7 Å². The van der Waals surface area contributed by atoms with Crippen LogP contribution in [0.4, 0.5) is 0 Å². The quantitative estimate of drug-likeness (QED) is 0.812. The largest absolute Gasteiger partial charge is 0.384 e. The number of pyridine rings is 1. The van der Waals surface area contributed by atoms with E-state index in [1.807, 2.05) is 5.38 Å². The molecule has 2 heterocycles. The Kier molecular flexibility index (Phi) is 4.61. The van der Waals surface area contributed by atoms with Crippen LogP contribution in [0.5, 0.6) is 0 Å². The molecule has 0 aliphatic rings. The second kappa shape index (κ2) is 6.64. The summed E-state index contributed by atoms with van der Waals surface area (Å²) in [6.45, 7) is 0.117. The Bertz CT molecular complexity index is 614. The number of thiazole rings is 1. The van der Waals surface area contributed by atoms with Crippen molar-refractivity contribution < 1.29 is 9.90 Å². The van der Waals surface area contributed by atoms with E-state index in [9.17, 15) is 4.79 Å². The van der Waals surface area contributed by atoms with Crippen LogP contribution in [0.3, 0.4) is 0 Å². The highest BCUT2D eigenvalue weighted by Crippen LogP contribution is 2.06. The highest BCUT2D eigenvalue weighted by molar-refractivity contribution is 7.07. The summed E-state index contributed by atoms with van der Waals surface area (Å²) in [4.78, 5) is 20.0. The molecule has 0 spiro atoms. The Balaban J connectivity index is 2.10. The van der Waals surface area contributed by atoms with E-state index >= 15 is 0 Å². The first kappa shape index (κ1) is 13.2. The van der Waals surface area contributed by atoms with Crippen molar-refractivity contribution >= 4 is 17.2 Å². The van der Waals surface area contributed by atoms with Gasteiger partial charge in [-0.15, -0.1) is 11.3 Å². The average Bonchev–Trinajstić information content (AvgIpc) is 2.96. The molecule has 2 N–H and O–H groups in total. The maximum atomic E-state index is 12.0. The predicted molar refractivity (Wildman–Crippen MR) is 71.5 cm³/mol. The van der Waals surface area contributed by atoms with E-state index in [4.69, 9.17) is 5.11 Å². The Morgan fingerprint density at radius 3 is 3.16 bits per heavy atom. The van der Waals surface area contributed by atoms with Crippen LogP contribution in [-0.2, 0) is 6.54 Å². The molecule has 2 aromatic heterocycles. The van der Waals surface area contributed by atoms with Crippen LogP contribution >= 0.6 is 11.3 Å². The lowest BCUT2D eigenvalue weighted by Crippen LogP contribution is -2.23. The minimum absolute atomic E-state index is 0.238. The Hall–Kier alpha value is -2.23. The second-order valence-electron chi connectivity index (χ2n) is 3.54. The number of hydrogen-bond donors (Lipinski definition) is 2. The van der Waals surface area contributed by atoms with Crippen molar-refractivity contribution in [2.24, 2.45) is 0 Å². The third-order valence-electron chi connectivity index (χ3n) is 2.28. The molecule has 0 saturated carbocycles. The van der Waals surface area contributed by atoms with E-state index in [-0.39, 0.29) is 12.5 Å². The third-order valence-corrected chi connectivity index (χ3v) is 2.92. The van der Waals surface area contributed by atoms with Crippen molar-refractivity contribution in [1.82, 2.24) is 15.3 Å². The molecule has 5 nitrogen and oxygen atoms in total. The molecule has 19 heavy (non-hydrogen) atoms. The van der Waals surface area contributed by atoms with Gasteiger partial charge >= 0.3 is 0 Å². The molecule has 96 valence electrons. The van der Waals surface area contributed by atoms with Crippen molar-refractivity contribution in [3.8, 4) is 11.8 Å². The zero-order chi connectivity index (χ0) is 13.5. The summed E-state index contributed by atoms with van der Waals surface area (Å²) in [5.74, 6) is 4.97. The van der Waals surface area contributed by atoms with Crippen LogP contribution in [0.2, 0.25) is 0 Å². The molecule has 0 atom stereocenters. The van der Waals surface area contributed by atoms with Gasteiger partial charge in [-0.05, 0) is 6.07 Å². The van der Waals surface area contributed by atoms with Gasteiger partial charge in [0.2, 0.25) is 0 Å². The fourth-order valence-electron chi connectivity index (χ4n) is 1.42. The molecule has 1 amide bonds. The molecule has 0 aliphatic carbocycles. The summed E-state index contributed by atoms with van der Waals surface area (Å²) >= 11 is 1.48. The summed E-state index contributed by atoms with van der Waals surface area (Å²) in [6, 6.07) is 1.60. The summed E-state index contributed by atoms with van der Waals surface area (Å²) < 4.78 is 0. The SMILES string of the molecule is O=C(NCc1cscn1)c1ccncc1C#CCO. The number of rotatable bonds is 3. The number of hydrogen-bond acceptors (Lipinski definition) is 5. The van der Waals surface area contributed by atoms with Crippen molar-refractivity contribution in [2.45, 2.75) is 6.54 Å². The molecule has 0 saturated heterocycles. The number of nitrogens with zero attached hydrogens (tertiary/aromatic N) is 2. The van der Waals surface area contributed by atoms with Crippen LogP contribution < -0.4 is 5.32 Å². The maximum absolute atomic E-state index is 12.0. The molecule has 2 rings (SSSR count). The standard InChI is InChI=1S/C13H11N3O2S/c17-5-1-2-10-6-14-4-3-12(10)13(18)15-7-11-8-19-9-16-11/h3-4,6,8-9,17H,5,7H2,(H,15,18). The summed E-state index contributed by atoms with van der Waals surface area (Å²) in [5.41, 5.74) is 3.46. The number of aromatic nitrogens is 2. The molecule has 0 unspecified atom stereocenters. The van der Waals surface area contributed by atoms with Gasteiger partial charge < -0.3 is 10.4 Å². The van der Waals surface area contributed by atoms with Gasteiger partial charge in [-0.2, -0.15) is 0 Å². The van der Waals surface area contributed by atoms with Crippen LogP contribution in [-0.4, -0.2) is 27.6 Å². The van der Waals surface area contributed by atoms with Crippen LogP contribution in [0, 0.1) is 11.8 Å². The first-order chi connectivity index (χ1) is 9.31. The molecule has 0 aliphatic heterocycles. The summed E-state index contributed by atoms with van der Waals surface area (Å²) in [6.07, 6.45) is 3.03. The number of nitrogens with one attached hydrogen (secondary N) is 1. The predicted octanol–water partition coefficient (Wildman–Crippen LogP) is 0.812. The highest BCUT2D eigenvalue weighted by atomic mass is 32.1. The zero-order valence-electron chi connectivity index (χ0n) is 9.96. The van der Waals surface area contributed by atoms with E-state index in [1.54, 1.807) is 11.6 Å². The van der Waals surface area contributed by atoms with Crippen molar-refractivity contribution in [3.05, 3.63) is 46.2 Å². The van der Waals surface area contributed by atoms with Gasteiger partial charge in [0.05, 0.1) is 28.9 Å². The highest BCUT2D eigenvalue weighted by Gasteiger charge is 2.10. The summed E-state index contributed by atoms with van der Waals surface area (Å²) in [5, 5.41) is 13.3. The average molecular weight is 273 g/mol. The lowest BCUT2D eigenvalue weighted by atomic mass is 10.1. The van der Waals surface area contributed by atoms with Crippen LogP contribution in [0.25, 0.3) is 0 Å². The normalized spacial score (nSPS) is 9.53. The van der Waals surface area contributed by atoms with Gasteiger partial charge in [0.1, 0.15) is 6.61 Å². The Morgan fingerprint density at radius 1 is 1.53 bits per heavy atom. The van der Waals surface area contributed by atoms with E-state index in [0.717, 1.165) is 5.69 Å². The Morgan fingerprint density at radius 2 is 2.42 bits per heavy atom. The first-order valence-electron chi connectivity index (χ1n) is 5.50. The lowest BCUT2D eigenvalue weighted by Gasteiger charge is -2.05. The fraction of sp³-hybridized carbons (Fsp3) is 0.154. The van der Waals surface area contributed by atoms with Gasteiger partial charge in [0, 0.05) is 17.8 Å². The van der Waals surface area contributed by atoms with Crippen molar-refractivity contribution in [2.75, 3.05) is 6.61 Å².